The smallest absolute Gasteiger partial charge is 0.244 e. The van der Waals surface area contributed by atoms with Gasteiger partial charge in [0.1, 0.15) is 4.90 Å². The van der Waals surface area contributed by atoms with E-state index in [0.717, 1.165) is 18.2 Å². The molecule has 0 aromatic heterocycles. The van der Waals surface area contributed by atoms with Crippen molar-refractivity contribution in [2.45, 2.75) is 17.9 Å². The van der Waals surface area contributed by atoms with Crippen molar-refractivity contribution in [1.82, 2.24) is 4.72 Å². The molecule has 0 aliphatic heterocycles. The zero-order valence-electron chi connectivity index (χ0n) is 8.78. The Morgan fingerprint density at radius 1 is 1.41 bits per heavy atom. The van der Waals surface area contributed by atoms with Gasteiger partial charge in [-0.25, -0.2) is 17.2 Å². The summed E-state index contributed by atoms with van der Waals surface area (Å²) in [4.78, 5) is 9.82. The molecule has 8 heteroatoms. The van der Waals surface area contributed by atoms with Crippen LogP contribution in [0.1, 0.15) is 6.92 Å². The molecule has 0 fully saturated rings. The van der Waals surface area contributed by atoms with Crippen LogP contribution in [-0.2, 0) is 14.8 Å². The topological polar surface area (TPSA) is 89.3 Å². The molecule has 0 bridgehead atoms. The molecular weight excluding hydrogens is 254 g/mol. The summed E-state index contributed by atoms with van der Waals surface area (Å²) in [7, 11) is -4.32. The highest BCUT2D eigenvalue weighted by Gasteiger charge is 2.24. The largest absolute Gasteiger partial charge is 0.368 e. The molecule has 1 atom stereocenters. The van der Waals surface area contributed by atoms with E-state index in [4.69, 9.17) is 5.73 Å². The third kappa shape index (κ3) is 2.98. The fourth-order valence-corrected chi connectivity index (χ4v) is 2.35. The molecule has 0 saturated heterocycles. The Labute approximate surface area is 96.7 Å². The van der Waals surface area contributed by atoms with Crippen molar-refractivity contribution in [3.8, 4) is 0 Å². The molecule has 0 saturated carbocycles. The van der Waals surface area contributed by atoms with Gasteiger partial charge in [-0.2, -0.15) is 4.72 Å². The van der Waals surface area contributed by atoms with E-state index in [-0.39, 0.29) is 0 Å². The van der Waals surface area contributed by atoms with Crippen molar-refractivity contribution in [2.75, 3.05) is 0 Å². The minimum Gasteiger partial charge on any atom is -0.368 e. The maximum absolute atomic E-state index is 13.2. The van der Waals surface area contributed by atoms with Crippen LogP contribution in [0.3, 0.4) is 0 Å². The molecule has 17 heavy (non-hydrogen) atoms. The first-order valence-electron chi connectivity index (χ1n) is 4.51. The van der Waals surface area contributed by atoms with Crippen LogP contribution in [0, 0.1) is 11.6 Å². The number of amides is 1. The van der Waals surface area contributed by atoms with E-state index in [1.807, 2.05) is 4.72 Å². The molecule has 0 heterocycles. The Bertz CT molecular complexity index is 545. The molecular formula is C9H10F2N2O3S. The lowest BCUT2D eigenvalue weighted by Gasteiger charge is -2.11. The van der Waals surface area contributed by atoms with Crippen LogP contribution < -0.4 is 10.5 Å². The van der Waals surface area contributed by atoms with E-state index >= 15 is 0 Å². The number of hydrogen-bond donors (Lipinski definition) is 2. The van der Waals surface area contributed by atoms with Gasteiger partial charge in [0, 0.05) is 0 Å². The van der Waals surface area contributed by atoms with E-state index < -0.39 is 38.5 Å². The number of carbonyl (C=O) groups is 1. The Kier molecular flexibility index (Phi) is 3.79. The minimum absolute atomic E-state index is 0.784. The zero-order valence-corrected chi connectivity index (χ0v) is 9.59. The predicted molar refractivity (Wildman–Crippen MR) is 55.3 cm³/mol. The van der Waals surface area contributed by atoms with E-state index in [1.165, 1.54) is 6.92 Å². The second-order valence-electron chi connectivity index (χ2n) is 3.30. The van der Waals surface area contributed by atoms with Crippen molar-refractivity contribution >= 4 is 15.9 Å². The first-order chi connectivity index (χ1) is 7.75. The molecule has 0 aliphatic carbocycles. The van der Waals surface area contributed by atoms with Crippen LogP contribution in [-0.4, -0.2) is 20.4 Å². The van der Waals surface area contributed by atoms with Gasteiger partial charge in [-0.1, -0.05) is 6.07 Å². The molecule has 0 aliphatic rings. The van der Waals surface area contributed by atoms with E-state index in [1.54, 1.807) is 0 Å². The maximum Gasteiger partial charge on any atom is 0.244 e. The Morgan fingerprint density at radius 3 is 2.53 bits per heavy atom. The zero-order chi connectivity index (χ0) is 13.2. The van der Waals surface area contributed by atoms with Crippen LogP contribution in [0.2, 0.25) is 0 Å². The summed E-state index contributed by atoms with van der Waals surface area (Å²) in [6.07, 6.45) is 0. The third-order valence-electron chi connectivity index (χ3n) is 1.96. The summed E-state index contributed by atoms with van der Waals surface area (Å²) in [6, 6.07) is 1.49. The lowest BCUT2D eigenvalue weighted by molar-refractivity contribution is -0.119. The molecule has 3 N–H and O–H groups in total. The molecule has 0 radical (unpaired) electrons. The van der Waals surface area contributed by atoms with E-state index in [0.29, 0.717) is 0 Å². The normalized spacial score (nSPS) is 13.4. The molecule has 1 rings (SSSR count). The summed E-state index contributed by atoms with van der Waals surface area (Å²) in [5.41, 5.74) is 4.86. The summed E-state index contributed by atoms with van der Waals surface area (Å²) in [5, 5.41) is 0. The molecule has 5 nitrogen and oxygen atoms in total. The van der Waals surface area contributed by atoms with Crippen LogP contribution in [0.15, 0.2) is 23.1 Å². The number of nitrogens with one attached hydrogen (secondary N) is 1. The summed E-state index contributed by atoms with van der Waals surface area (Å²) in [5.74, 6) is -3.72. The van der Waals surface area contributed by atoms with Gasteiger partial charge in [0.15, 0.2) is 11.6 Å². The second kappa shape index (κ2) is 4.76. The highest BCUT2D eigenvalue weighted by atomic mass is 32.2. The molecule has 1 aromatic rings. The second-order valence-corrected chi connectivity index (χ2v) is 4.98. The predicted octanol–water partition coefficient (Wildman–Crippen LogP) is 0.117. The van der Waals surface area contributed by atoms with Crippen molar-refractivity contribution < 1.29 is 22.0 Å². The summed E-state index contributed by atoms with van der Waals surface area (Å²) >= 11 is 0. The molecule has 1 aromatic carbocycles. The van der Waals surface area contributed by atoms with Crippen LogP contribution >= 0.6 is 0 Å². The van der Waals surface area contributed by atoms with Gasteiger partial charge in [0.05, 0.1) is 6.04 Å². The Balaban J connectivity index is 3.14. The number of primary amides is 1. The standard InChI is InChI=1S/C9H10F2N2O3S/c1-5(9(12)14)13-17(15,16)7-4-2-3-6(10)8(7)11/h2-5,13H,1H3,(H2,12,14)/t5-/m1/s1. The monoisotopic (exact) mass is 264 g/mol. The van der Waals surface area contributed by atoms with Crippen LogP contribution in [0.25, 0.3) is 0 Å². The lowest BCUT2D eigenvalue weighted by atomic mass is 10.3. The third-order valence-corrected chi connectivity index (χ3v) is 3.52. The minimum atomic E-state index is -4.32. The van der Waals surface area contributed by atoms with E-state index in [2.05, 4.69) is 0 Å². The van der Waals surface area contributed by atoms with Gasteiger partial charge >= 0.3 is 0 Å². The van der Waals surface area contributed by atoms with Crippen molar-refractivity contribution in [3.05, 3.63) is 29.8 Å². The average Bonchev–Trinajstić information content (AvgIpc) is 2.21. The van der Waals surface area contributed by atoms with Gasteiger partial charge in [-0.15, -0.1) is 0 Å². The van der Waals surface area contributed by atoms with Gasteiger partial charge in [-0.3, -0.25) is 4.79 Å². The van der Waals surface area contributed by atoms with Crippen LogP contribution in [0.5, 0.6) is 0 Å². The summed E-state index contributed by atoms with van der Waals surface area (Å²) in [6.45, 7) is 1.19. The van der Waals surface area contributed by atoms with Gasteiger partial charge in [-0.05, 0) is 19.1 Å². The number of sulfonamides is 1. The number of nitrogens with two attached hydrogens (primary N) is 1. The van der Waals surface area contributed by atoms with Gasteiger partial charge < -0.3 is 5.73 Å². The Hall–Kier alpha value is -1.54. The number of halogens is 2. The first kappa shape index (κ1) is 13.5. The number of hydrogen-bond acceptors (Lipinski definition) is 3. The lowest BCUT2D eigenvalue weighted by Crippen LogP contribution is -2.42. The number of benzene rings is 1. The van der Waals surface area contributed by atoms with Crippen molar-refractivity contribution in [2.24, 2.45) is 5.73 Å². The Morgan fingerprint density at radius 2 is 2.00 bits per heavy atom. The first-order valence-corrected chi connectivity index (χ1v) is 5.99. The number of carbonyl (C=O) groups excluding carboxylic acids is 1. The van der Waals surface area contributed by atoms with Crippen molar-refractivity contribution in [3.63, 3.8) is 0 Å². The SMILES string of the molecule is C[C@@H](NS(=O)(=O)c1cccc(F)c1F)C(N)=O. The van der Waals surface area contributed by atoms with Crippen molar-refractivity contribution in [1.29, 1.82) is 0 Å². The quantitative estimate of drug-likeness (QED) is 0.809. The fraction of sp³-hybridized carbons (Fsp3) is 0.222. The highest BCUT2D eigenvalue weighted by Crippen LogP contribution is 2.16. The molecule has 94 valence electrons. The molecule has 1 amide bonds. The van der Waals surface area contributed by atoms with E-state index in [9.17, 15) is 22.0 Å². The molecule has 0 spiro atoms. The van der Waals surface area contributed by atoms with Crippen LogP contribution in [0.4, 0.5) is 8.78 Å². The maximum atomic E-state index is 13.2. The molecule has 0 unspecified atom stereocenters. The fourth-order valence-electron chi connectivity index (χ4n) is 1.05. The van der Waals surface area contributed by atoms with Gasteiger partial charge in [0.2, 0.25) is 15.9 Å². The number of rotatable bonds is 4. The summed E-state index contributed by atoms with van der Waals surface area (Å²) < 4.78 is 51.1. The highest BCUT2D eigenvalue weighted by molar-refractivity contribution is 7.89. The van der Waals surface area contributed by atoms with Gasteiger partial charge in [0.25, 0.3) is 0 Å². The average molecular weight is 264 g/mol.